The third-order valence-corrected chi connectivity index (χ3v) is 2.16. The number of aromatic nitrogens is 4. The molecule has 4 N–H and O–H groups in total. The predicted octanol–water partition coefficient (Wildman–Crippen LogP) is -0.252. The summed E-state index contributed by atoms with van der Waals surface area (Å²) >= 11 is 0. The molecule has 8 heteroatoms. The molecule has 1 amide bonds. The predicted molar refractivity (Wildman–Crippen MR) is 61.0 cm³/mol. The minimum Gasteiger partial charge on any atom is -0.322 e. The fourth-order valence-electron chi connectivity index (χ4n) is 1.29. The van der Waals surface area contributed by atoms with Gasteiger partial charge in [0.2, 0.25) is 5.95 Å². The first kappa shape index (κ1) is 11.0. The van der Waals surface area contributed by atoms with Gasteiger partial charge in [0, 0.05) is 13.2 Å². The molecule has 0 saturated carbocycles. The van der Waals surface area contributed by atoms with E-state index >= 15 is 0 Å². The van der Waals surface area contributed by atoms with Crippen LogP contribution in [0.25, 0.3) is 0 Å². The molecule has 0 aliphatic carbocycles. The van der Waals surface area contributed by atoms with Crippen LogP contribution in [0.15, 0.2) is 24.8 Å². The summed E-state index contributed by atoms with van der Waals surface area (Å²) in [6.07, 6.45) is 4.32. The smallest absolute Gasteiger partial charge is 0.260 e. The standard InChI is InChI=1S/C9H11N7O/c1-16-9(12-5-13-16)14-8(17)6-2-3-11-4-7(6)15-10/h2-5,15H,10H2,1H3,(H,12,13,14,17). The molecule has 0 saturated heterocycles. The molecular formula is C9H11N7O. The highest BCUT2D eigenvalue weighted by atomic mass is 16.1. The molecule has 2 heterocycles. The Kier molecular flexibility index (Phi) is 2.97. The van der Waals surface area contributed by atoms with E-state index in [2.05, 4.69) is 25.8 Å². The molecule has 17 heavy (non-hydrogen) atoms. The van der Waals surface area contributed by atoms with E-state index in [4.69, 9.17) is 5.84 Å². The van der Waals surface area contributed by atoms with Crippen LogP contribution in [-0.2, 0) is 7.05 Å². The van der Waals surface area contributed by atoms with Gasteiger partial charge in [0.05, 0.1) is 17.4 Å². The molecule has 2 rings (SSSR count). The van der Waals surface area contributed by atoms with E-state index < -0.39 is 0 Å². The van der Waals surface area contributed by atoms with Gasteiger partial charge in [-0.05, 0) is 6.07 Å². The average molecular weight is 233 g/mol. The van der Waals surface area contributed by atoms with Gasteiger partial charge >= 0.3 is 0 Å². The summed E-state index contributed by atoms with van der Waals surface area (Å²) in [5.74, 6) is 5.31. The van der Waals surface area contributed by atoms with E-state index in [1.165, 1.54) is 23.4 Å². The van der Waals surface area contributed by atoms with Gasteiger partial charge in [-0.3, -0.25) is 20.9 Å². The van der Waals surface area contributed by atoms with Gasteiger partial charge in [-0.1, -0.05) is 0 Å². The molecule has 0 aromatic carbocycles. The number of nitrogens with one attached hydrogen (secondary N) is 2. The second kappa shape index (κ2) is 4.58. The maximum absolute atomic E-state index is 11.9. The number of nitrogens with two attached hydrogens (primary N) is 1. The number of anilines is 2. The van der Waals surface area contributed by atoms with Crippen LogP contribution in [0, 0.1) is 0 Å². The molecule has 8 nitrogen and oxygen atoms in total. The van der Waals surface area contributed by atoms with E-state index in [0.717, 1.165) is 0 Å². The lowest BCUT2D eigenvalue weighted by Gasteiger charge is -2.07. The highest BCUT2D eigenvalue weighted by molar-refractivity contribution is 6.07. The summed E-state index contributed by atoms with van der Waals surface area (Å²) in [6.45, 7) is 0. The Morgan fingerprint density at radius 3 is 3.00 bits per heavy atom. The van der Waals surface area contributed by atoms with Crippen molar-refractivity contribution in [2.75, 3.05) is 10.7 Å². The summed E-state index contributed by atoms with van der Waals surface area (Å²) in [5.41, 5.74) is 3.22. The van der Waals surface area contributed by atoms with Crippen molar-refractivity contribution in [3.8, 4) is 0 Å². The number of hydrazine groups is 1. The van der Waals surface area contributed by atoms with Gasteiger partial charge in [-0.15, -0.1) is 0 Å². The number of nitrogen functional groups attached to an aromatic ring is 1. The number of hydrogen-bond donors (Lipinski definition) is 3. The number of aryl methyl sites for hydroxylation is 1. The summed E-state index contributed by atoms with van der Waals surface area (Å²) in [4.78, 5) is 19.7. The number of rotatable bonds is 3. The second-order valence-corrected chi connectivity index (χ2v) is 3.23. The normalized spacial score (nSPS) is 10.0. The summed E-state index contributed by atoms with van der Waals surface area (Å²) in [5, 5.41) is 6.45. The van der Waals surface area contributed by atoms with Crippen molar-refractivity contribution in [2.45, 2.75) is 0 Å². The third kappa shape index (κ3) is 2.21. The molecule has 0 atom stereocenters. The lowest BCUT2D eigenvalue weighted by atomic mass is 10.2. The van der Waals surface area contributed by atoms with Crippen LogP contribution in [0.4, 0.5) is 11.6 Å². The van der Waals surface area contributed by atoms with Crippen molar-refractivity contribution in [3.63, 3.8) is 0 Å². The highest BCUT2D eigenvalue weighted by Gasteiger charge is 2.12. The third-order valence-electron chi connectivity index (χ3n) is 2.16. The van der Waals surface area contributed by atoms with Gasteiger partial charge < -0.3 is 5.43 Å². The van der Waals surface area contributed by atoms with Crippen molar-refractivity contribution in [3.05, 3.63) is 30.4 Å². The second-order valence-electron chi connectivity index (χ2n) is 3.23. The van der Waals surface area contributed by atoms with Crippen molar-refractivity contribution < 1.29 is 4.79 Å². The number of amides is 1. The summed E-state index contributed by atoms with van der Waals surface area (Å²) < 4.78 is 1.45. The Hall–Kier alpha value is -2.48. The molecule has 2 aromatic heterocycles. The maximum Gasteiger partial charge on any atom is 0.260 e. The Morgan fingerprint density at radius 1 is 1.53 bits per heavy atom. The van der Waals surface area contributed by atoms with Gasteiger partial charge in [0.1, 0.15) is 6.33 Å². The van der Waals surface area contributed by atoms with Crippen LogP contribution in [0.5, 0.6) is 0 Å². The molecule has 0 unspecified atom stereocenters. The van der Waals surface area contributed by atoms with Crippen LogP contribution >= 0.6 is 0 Å². The molecule has 0 spiro atoms. The van der Waals surface area contributed by atoms with E-state index in [9.17, 15) is 4.79 Å². The van der Waals surface area contributed by atoms with E-state index in [1.54, 1.807) is 13.1 Å². The molecule has 0 radical (unpaired) electrons. The van der Waals surface area contributed by atoms with E-state index in [1.807, 2.05) is 0 Å². The zero-order chi connectivity index (χ0) is 12.3. The lowest BCUT2D eigenvalue weighted by Crippen LogP contribution is -2.19. The minimum atomic E-state index is -0.337. The monoisotopic (exact) mass is 233 g/mol. The van der Waals surface area contributed by atoms with Crippen molar-refractivity contribution >= 4 is 17.5 Å². The zero-order valence-corrected chi connectivity index (χ0v) is 9.08. The quantitative estimate of drug-likeness (QED) is 0.498. The summed E-state index contributed by atoms with van der Waals surface area (Å²) in [7, 11) is 1.68. The van der Waals surface area contributed by atoms with Gasteiger partial charge in [-0.2, -0.15) is 10.1 Å². The first-order valence-electron chi connectivity index (χ1n) is 4.78. The van der Waals surface area contributed by atoms with Crippen molar-refractivity contribution in [2.24, 2.45) is 12.9 Å². The maximum atomic E-state index is 11.9. The average Bonchev–Trinajstić information content (AvgIpc) is 2.75. The Labute approximate surface area is 96.8 Å². The highest BCUT2D eigenvalue weighted by Crippen LogP contribution is 2.13. The number of carbonyl (C=O) groups excluding carboxylic acids is 1. The van der Waals surface area contributed by atoms with E-state index in [-0.39, 0.29) is 5.91 Å². The number of pyridine rings is 1. The summed E-state index contributed by atoms with van der Waals surface area (Å²) in [6, 6.07) is 1.56. The molecule has 0 fully saturated rings. The topological polar surface area (TPSA) is 111 Å². The molecular weight excluding hydrogens is 222 g/mol. The Morgan fingerprint density at radius 2 is 2.35 bits per heavy atom. The van der Waals surface area contributed by atoms with Crippen molar-refractivity contribution in [1.82, 2.24) is 19.7 Å². The fraction of sp³-hybridized carbons (Fsp3) is 0.111. The number of nitrogens with zero attached hydrogens (tertiary/aromatic N) is 4. The van der Waals surface area contributed by atoms with Crippen LogP contribution in [0.1, 0.15) is 10.4 Å². The lowest BCUT2D eigenvalue weighted by molar-refractivity contribution is 0.102. The first-order chi connectivity index (χ1) is 8.22. The van der Waals surface area contributed by atoms with Gasteiger partial charge in [0.15, 0.2) is 0 Å². The number of carbonyl (C=O) groups is 1. The first-order valence-corrected chi connectivity index (χ1v) is 4.78. The van der Waals surface area contributed by atoms with Crippen LogP contribution < -0.4 is 16.6 Å². The molecule has 0 aliphatic rings. The molecule has 2 aromatic rings. The Bertz CT molecular complexity index is 536. The zero-order valence-electron chi connectivity index (χ0n) is 9.08. The van der Waals surface area contributed by atoms with Gasteiger partial charge in [0.25, 0.3) is 5.91 Å². The van der Waals surface area contributed by atoms with Gasteiger partial charge in [-0.25, -0.2) is 4.68 Å². The SMILES string of the molecule is Cn1ncnc1NC(=O)c1ccncc1NN. The largest absolute Gasteiger partial charge is 0.322 e. The molecule has 0 bridgehead atoms. The van der Waals surface area contributed by atoms with Crippen LogP contribution in [0.2, 0.25) is 0 Å². The van der Waals surface area contributed by atoms with E-state index in [0.29, 0.717) is 17.2 Å². The number of hydrogen-bond acceptors (Lipinski definition) is 6. The van der Waals surface area contributed by atoms with Crippen LogP contribution in [-0.4, -0.2) is 25.7 Å². The van der Waals surface area contributed by atoms with Crippen molar-refractivity contribution in [1.29, 1.82) is 0 Å². The molecule has 0 aliphatic heterocycles. The molecule has 88 valence electrons. The van der Waals surface area contributed by atoms with Crippen LogP contribution in [0.3, 0.4) is 0 Å². The Balaban J connectivity index is 2.23. The minimum absolute atomic E-state index is 0.337. The fourth-order valence-corrected chi connectivity index (χ4v) is 1.29.